The van der Waals surface area contributed by atoms with Gasteiger partial charge < -0.3 is 13.8 Å². The molecule has 14 heteroatoms. The number of carbonyl (C=O) groups is 1. The minimum atomic E-state index is -1.79. The van der Waals surface area contributed by atoms with Gasteiger partial charge in [-0.1, -0.05) is 13.8 Å². The molecular weight excluding hydrogens is 504 g/mol. The Hall–Kier alpha value is -2.49. The average molecular weight is 539 g/mol. The molecule has 2 N–H and O–H groups in total. The molecule has 37 heavy (non-hydrogen) atoms. The first-order chi connectivity index (χ1) is 17.5. The minimum Gasteiger partial charge on any atom is -0.349 e. The molecule has 1 unspecified atom stereocenters. The molecule has 1 saturated heterocycles. The van der Waals surface area contributed by atoms with Crippen molar-refractivity contribution >= 4 is 31.5 Å². The smallest absolute Gasteiger partial charge is 0.280 e. The van der Waals surface area contributed by atoms with Gasteiger partial charge in [-0.2, -0.15) is 10.2 Å². The van der Waals surface area contributed by atoms with Crippen molar-refractivity contribution in [3.63, 3.8) is 0 Å². The van der Waals surface area contributed by atoms with Crippen molar-refractivity contribution in [3.8, 4) is 6.07 Å². The highest BCUT2D eigenvalue weighted by Crippen LogP contribution is 2.51. The van der Waals surface area contributed by atoms with Crippen LogP contribution in [0, 0.1) is 24.2 Å². The van der Waals surface area contributed by atoms with E-state index in [1.807, 2.05) is 38.4 Å². The Morgan fingerprint density at radius 1 is 1.38 bits per heavy atom. The zero-order valence-electron chi connectivity index (χ0n) is 21.8. The Morgan fingerprint density at radius 3 is 2.65 bits per heavy atom. The standard InChI is InChI=1S/C23H34FN7O5P/c1-12(2)20(32)28-23-27-19-17(21(33)29-23)26-11-30(19)22-18(16(24)15(7)35-22)36-37(34-10-8-9-25)31(13(3)4)14(5)6/h11-16,18,22H,7-8,10H2,1-6H3,(H2,27,28,29,32,33)/t15-,16-,18-,22-,37?/m1/s1. The number of aromatic amines is 1. The summed E-state index contributed by atoms with van der Waals surface area (Å²) in [4.78, 5) is 35.7. The molecule has 0 saturated carbocycles. The molecule has 3 rings (SSSR count). The number of anilines is 1. The number of hydrogen-bond donors (Lipinski definition) is 2. The number of H-pyrrole nitrogens is 1. The Balaban J connectivity index is 1.99. The van der Waals surface area contributed by atoms with Crippen LogP contribution in [0.1, 0.15) is 54.2 Å². The van der Waals surface area contributed by atoms with Crippen LogP contribution in [-0.4, -0.2) is 67.2 Å². The molecule has 1 aliphatic rings. The van der Waals surface area contributed by atoms with Gasteiger partial charge in [0.15, 0.2) is 23.6 Å². The lowest BCUT2D eigenvalue weighted by atomic mass is 10.2. The van der Waals surface area contributed by atoms with Crippen LogP contribution in [0.5, 0.6) is 0 Å². The van der Waals surface area contributed by atoms with E-state index in [1.54, 1.807) is 13.8 Å². The summed E-state index contributed by atoms with van der Waals surface area (Å²) in [6.45, 7) is 15.2. The van der Waals surface area contributed by atoms with Crippen molar-refractivity contribution in [2.45, 2.75) is 84.7 Å². The summed E-state index contributed by atoms with van der Waals surface area (Å²) in [5.41, 5.74) is -0.498. The predicted molar refractivity (Wildman–Crippen MR) is 136 cm³/mol. The number of nitriles is 1. The summed E-state index contributed by atoms with van der Waals surface area (Å²) in [5.74, 6) is -0.744. The van der Waals surface area contributed by atoms with Gasteiger partial charge >= 0.3 is 0 Å². The maximum absolute atomic E-state index is 15.4. The Kier molecular flexibility index (Phi) is 9.72. The summed E-state index contributed by atoms with van der Waals surface area (Å²) in [7, 11) is -1.79. The van der Waals surface area contributed by atoms with Gasteiger partial charge in [0.1, 0.15) is 6.10 Å². The van der Waals surface area contributed by atoms with Crippen LogP contribution in [0.25, 0.3) is 11.2 Å². The highest BCUT2D eigenvalue weighted by molar-refractivity contribution is 7.44. The van der Waals surface area contributed by atoms with Crippen LogP contribution in [0.15, 0.2) is 11.1 Å². The van der Waals surface area contributed by atoms with E-state index in [0.29, 0.717) is 0 Å². The second-order valence-corrected chi connectivity index (χ2v) is 10.9. The first kappa shape index (κ1) is 29.1. The molecule has 5 atom stereocenters. The Labute approximate surface area is 216 Å². The highest BCUT2D eigenvalue weighted by Gasteiger charge is 2.48. The van der Waals surface area contributed by atoms with Gasteiger partial charge in [-0.25, -0.2) is 14.0 Å². The second kappa shape index (κ2) is 12.4. The van der Waals surface area contributed by atoms with E-state index in [9.17, 15) is 9.59 Å². The Bertz CT molecular complexity index is 1170. The maximum atomic E-state index is 15.4. The van der Waals surface area contributed by atoms with E-state index in [-0.39, 0.29) is 54.0 Å². The summed E-state index contributed by atoms with van der Waals surface area (Å²) < 4.78 is 36.8. The zero-order chi connectivity index (χ0) is 27.4. The van der Waals surface area contributed by atoms with Crippen LogP contribution >= 0.6 is 8.53 Å². The normalized spacial score (nSPS) is 22.9. The fraction of sp³-hybridized carbons (Fsp3) is 0.652. The molecular formula is C23H34FN7O5P. The lowest BCUT2D eigenvalue weighted by molar-refractivity contribution is -0.118. The molecule has 0 aromatic carbocycles. The number of nitrogens with zero attached hydrogens (tertiary/aromatic N) is 5. The molecule has 2 aromatic rings. The van der Waals surface area contributed by atoms with Crippen molar-refractivity contribution in [1.29, 1.82) is 5.26 Å². The minimum absolute atomic E-state index is 0.00371. The number of amides is 1. The van der Waals surface area contributed by atoms with Crippen molar-refractivity contribution < 1.29 is 23.0 Å². The molecule has 0 spiro atoms. The molecule has 1 radical (unpaired) electrons. The Morgan fingerprint density at radius 2 is 2.05 bits per heavy atom. The number of carbonyl (C=O) groups excluding carboxylic acids is 1. The molecule has 2 aromatic heterocycles. The van der Waals surface area contributed by atoms with Gasteiger partial charge in [-0.05, 0) is 34.6 Å². The molecule has 1 aliphatic heterocycles. The summed E-state index contributed by atoms with van der Waals surface area (Å²) in [5, 5.41) is 11.5. The van der Waals surface area contributed by atoms with E-state index in [2.05, 4.69) is 27.2 Å². The molecule has 0 bridgehead atoms. The zero-order valence-corrected chi connectivity index (χ0v) is 22.7. The number of halogens is 1. The monoisotopic (exact) mass is 538 g/mol. The third kappa shape index (κ3) is 6.51. The van der Waals surface area contributed by atoms with Gasteiger partial charge in [0.25, 0.3) is 14.1 Å². The lowest BCUT2D eigenvalue weighted by Gasteiger charge is -2.37. The molecule has 12 nitrogen and oxygen atoms in total. The van der Waals surface area contributed by atoms with Gasteiger partial charge in [0.05, 0.1) is 31.5 Å². The number of imidazole rings is 1. The summed E-state index contributed by atoms with van der Waals surface area (Å²) >= 11 is 0. The van der Waals surface area contributed by atoms with E-state index < -0.39 is 38.7 Å². The van der Waals surface area contributed by atoms with Crippen molar-refractivity contribution in [3.05, 3.63) is 23.6 Å². The topological polar surface area (TPSA) is 147 Å². The third-order valence-electron chi connectivity index (χ3n) is 5.61. The fourth-order valence-corrected chi connectivity index (χ4v) is 5.60. The SMILES string of the molecule is [CH2][C@H]1O[C@@H](n2cnc3c(=O)[nH]c(NC(=O)C(C)C)nc32)[C@H](OP(OCCC#N)N(C(C)C)C(C)C)[C@@H]1F. The number of aromatic nitrogens is 4. The van der Waals surface area contributed by atoms with E-state index in [1.165, 1.54) is 10.9 Å². The number of ether oxygens (including phenoxy) is 1. The van der Waals surface area contributed by atoms with Gasteiger partial charge in [-0.15, -0.1) is 0 Å². The molecule has 3 heterocycles. The van der Waals surface area contributed by atoms with Gasteiger partial charge in [0, 0.05) is 18.0 Å². The van der Waals surface area contributed by atoms with Gasteiger partial charge in [-0.3, -0.25) is 24.5 Å². The van der Waals surface area contributed by atoms with Crippen molar-refractivity contribution in [2.75, 3.05) is 11.9 Å². The third-order valence-corrected chi connectivity index (χ3v) is 7.74. The van der Waals surface area contributed by atoms with Crippen LogP contribution < -0.4 is 10.9 Å². The van der Waals surface area contributed by atoms with Crippen LogP contribution in [0.3, 0.4) is 0 Å². The average Bonchev–Trinajstić information content (AvgIpc) is 3.35. The number of nitrogens with one attached hydrogen (secondary N) is 2. The highest BCUT2D eigenvalue weighted by atomic mass is 31.2. The van der Waals surface area contributed by atoms with E-state index in [4.69, 9.17) is 19.0 Å². The summed E-state index contributed by atoms with van der Waals surface area (Å²) in [6, 6.07) is 2.04. The molecule has 0 aliphatic carbocycles. The first-order valence-corrected chi connectivity index (χ1v) is 13.2. The van der Waals surface area contributed by atoms with Crippen molar-refractivity contribution in [1.82, 2.24) is 24.2 Å². The fourth-order valence-electron chi connectivity index (χ4n) is 3.87. The number of rotatable bonds is 11. The van der Waals surface area contributed by atoms with E-state index >= 15 is 4.39 Å². The van der Waals surface area contributed by atoms with Crippen LogP contribution in [0.4, 0.5) is 10.3 Å². The molecule has 1 fully saturated rings. The summed E-state index contributed by atoms with van der Waals surface area (Å²) in [6.07, 6.45) is -3.49. The lowest BCUT2D eigenvalue weighted by Crippen LogP contribution is -2.37. The van der Waals surface area contributed by atoms with Crippen molar-refractivity contribution in [2.24, 2.45) is 5.92 Å². The second-order valence-electron chi connectivity index (χ2n) is 9.51. The number of fused-ring (bicyclic) bond motifs is 1. The quantitative estimate of drug-likeness (QED) is 0.324. The predicted octanol–water partition coefficient (Wildman–Crippen LogP) is 3.44. The van der Waals surface area contributed by atoms with Gasteiger partial charge in [0.2, 0.25) is 11.9 Å². The number of hydrogen-bond acceptors (Lipinski definition) is 9. The molecule has 1 amide bonds. The number of alkyl halides is 1. The largest absolute Gasteiger partial charge is 0.349 e. The first-order valence-electron chi connectivity index (χ1n) is 12.1. The maximum Gasteiger partial charge on any atom is 0.280 e. The van der Waals surface area contributed by atoms with E-state index in [0.717, 1.165) is 0 Å². The molecule has 203 valence electrons. The van der Waals surface area contributed by atoms with Crippen LogP contribution in [-0.2, 0) is 18.6 Å². The van der Waals surface area contributed by atoms with Crippen LogP contribution in [0.2, 0.25) is 0 Å².